The molecule has 116 valence electrons. The maximum atomic E-state index is 11.9. The Balaban J connectivity index is 1.83. The first-order chi connectivity index (χ1) is 10.5. The summed E-state index contributed by atoms with van der Waals surface area (Å²) in [7, 11) is 1.52. The normalized spacial score (nSPS) is 10.5. The van der Waals surface area contributed by atoms with Crippen LogP contribution in [-0.4, -0.2) is 28.0 Å². The number of thioether (sulfide) groups is 1. The average Bonchev–Trinajstić information content (AvgIpc) is 2.49. The molecule has 2 rings (SSSR count). The number of aromatic nitrogens is 2. The lowest BCUT2D eigenvalue weighted by molar-refractivity contribution is 0.0949. The van der Waals surface area contributed by atoms with Crippen LogP contribution in [0.25, 0.3) is 0 Å². The number of benzene rings is 1. The van der Waals surface area contributed by atoms with Gasteiger partial charge in [0.25, 0.3) is 11.5 Å². The van der Waals surface area contributed by atoms with Gasteiger partial charge in [-0.3, -0.25) is 9.59 Å². The first-order valence-corrected chi connectivity index (χ1v) is 7.98. The highest BCUT2D eigenvalue weighted by atomic mass is 32.2. The first kappa shape index (κ1) is 16.3. The van der Waals surface area contributed by atoms with Crippen molar-refractivity contribution in [2.75, 3.05) is 12.3 Å². The maximum absolute atomic E-state index is 11.9. The van der Waals surface area contributed by atoms with Gasteiger partial charge in [0.05, 0.1) is 0 Å². The third-order valence-corrected chi connectivity index (χ3v) is 4.32. The number of rotatable bonds is 5. The Hall–Kier alpha value is -2.08. The van der Waals surface area contributed by atoms with Crippen molar-refractivity contribution in [3.63, 3.8) is 0 Å². The van der Waals surface area contributed by atoms with Gasteiger partial charge in [-0.15, -0.1) is 11.8 Å². The van der Waals surface area contributed by atoms with Gasteiger partial charge in [-0.25, -0.2) is 4.68 Å². The third kappa shape index (κ3) is 4.21. The van der Waals surface area contributed by atoms with E-state index in [-0.39, 0.29) is 17.2 Å². The molecule has 0 bridgehead atoms. The van der Waals surface area contributed by atoms with E-state index in [1.807, 2.05) is 0 Å². The van der Waals surface area contributed by atoms with Gasteiger partial charge in [-0.05, 0) is 43.2 Å². The van der Waals surface area contributed by atoms with Crippen molar-refractivity contribution < 1.29 is 4.79 Å². The van der Waals surface area contributed by atoms with Crippen LogP contribution in [0.15, 0.2) is 40.0 Å². The molecule has 0 saturated carbocycles. The summed E-state index contributed by atoms with van der Waals surface area (Å²) >= 11 is 1.70. The molecule has 1 aromatic heterocycles. The molecular weight excluding hydrogens is 298 g/mol. The van der Waals surface area contributed by atoms with Crippen molar-refractivity contribution in [1.29, 1.82) is 0 Å². The van der Waals surface area contributed by atoms with E-state index in [1.165, 1.54) is 35.2 Å². The second-order valence-corrected chi connectivity index (χ2v) is 6.20. The number of carbonyl (C=O) groups is 1. The minimum atomic E-state index is -0.267. The van der Waals surface area contributed by atoms with E-state index in [0.29, 0.717) is 6.54 Å². The molecule has 6 heteroatoms. The molecule has 1 N–H and O–H groups in total. The van der Waals surface area contributed by atoms with Gasteiger partial charge in [-0.2, -0.15) is 5.10 Å². The summed E-state index contributed by atoms with van der Waals surface area (Å²) in [5.41, 5.74) is 2.56. The van der Waals surface area contributed by atoms with Crippen molar-refractivity contribution in [3.05, 3.63) is 57.5 Å². The van der Waals surface area contributed by atoms with Gasteiger partial charge >= 0.3 is 0 Å². The number of nitrogens with one attached hydrogen (secondary N) is 1. The maximum Gasteiger partial charge on any atom is 0.271 e. The molecule has 2 aromatic rings. The lowest BCUT2D eigenvalue weighted by atomic mass is 10.1. The zero-order valence-corrected chi connectivity index (χ0v) is 13.7. The summed E-state index contributed by atoms with van der Waals surface area (Å²) < 4.78 is 1.15. The Morgan fingerprint density at radius 2 is 2.00 bits per heavy atom. The van der Waals surface area contributed by atoms with Crippen molar-refractivity contribution in [3.8, 4) is 0 Å². The standard InChI is InChI=1S/C16H19N3O2S/c1-11-4-5-13(10-12(11)2)22-9-8-17-16(21)14-6-7-15(20)19(3)18-14/h4-7,10H,8-9H2,1-3H3,(H,17,21). The summed E-state index contributed by atoms with van der Waals surface area (Å²) in [4.78, 5) is 24.3. The van der Waals surface area contributed by atoms with E-state index >= 15 is 0 Å². The summed E-state index contributed by atoms with van der Waals surface area (Å²) in [6, 6.07) is 9.12. The number of hydrogen-bond acceptors (Lipinski definition) is 4. The van der Waals surface area contributed by atoms with Gasteiger partial charge in [0, 0.05) is 30.3 Å². The molecule has 0 aliphatic rings. The minimum Gasteiger partial charge on any atom is -0.350 e. The zero-order valence-electron chi connectivity index (χ0n) is 12.9. The minimum absolute atomic E-state index is 0.234. The largest absolute Gasteiger partial charge is 0.350 e. The van der Waals surface area contributed by atoms with E-state index < -0.39 is 0 Å². The zero-order chi connectivity index (χ0) is 16.1. The molecule has 0 fully saturated rings. The smallest absolute Gasteiger partial charge is 0.271 e. The van der Waals surface area contributed by atoms with Gasteiger partial charge in [0.1, 0.15) is 5.69 Å². The van der Waals surface area contributed by atoms with Gasteiger partial charge in [0.15, 0.2) is 0 Å². The number of hydrogen-bond donors (Lipinski definition) is 1. The van der Waals surface area contributed by atoms with Crippen molar-refractivity contribution in [1.82, 2.24) is 15.1 Å². The van der Waals surface area contributed by atoms with Crippen LogP contribution in [0.2, 0.25) is 0 Å². The van der Waals surface area contributed by atoms with Crippen LogP contribution in [0.3, 0.4) is 0 Å². The molecule has 1 aromatic carbocycles. The molecule has 0 saturated heterocycles. The fourth-order valence-electron chi connectivity index (χ4n) is 1.85. The Bertz CT molecular complexity index is 740. The average molecular weight is 317 g/mol. The van der Waals surface area contributed by atoms with E-state index in [2.05, 4.69) is 42.5 Å². The molecule has 0 aliphatic heterocycles. The van der Waals surface area contributed by atoms with Crippen LogP contribution < -0.4 is 10.9 Å². The molecule has 5 nitrogen and oxygen atoms in total. The Kier molecular flexibility index (Phi) is 5.38. The predicted molar refractivity (Wildman–Crippen MR) is 88.5 cm³/mol. The van der Waals surface area contributed by atoms with Crippen molar-refractivity contribution in [2.45, 2.75) is 18.7 Å². The summed E-state index contributed by atoms with van der Waals surface area (Å²) in [6.07, 6.45) is 0. The van der Waals surface area contributed by atoms with Crippen LogP contribution in [0.4, 0.5) is 0 Å². The molecule has 1 heterocycles. The lowest BCUT2D eigenvalue weighted by Gasteiger charge is -2.07. The van der Waals surface area contributed by atoms with E-state index in [4.69, 9.17) is 0 Å². The van der Waals surface area contributed by atoms with E-state index in [9.17, 15) is 9.59 Å². The molecule has 1 amide bonds. The molecule has 0 spiro atoms. The SMILES string of the molecule is Cc1ccc(SCCNC(=O)c2ccc(=O)n(C)n2)cc1C. The molecule has 0 unspecified atom stereocenters. The first-order valence-electron chi connectivity index (χ1n) is 7.00. The molecule has 0 radical (unpaired) electrons. The monoisotopic (exact) mass is 317 g/mol. The van der Waals surface area contributed by atoms with Crippen LogP contribution >= 0.6 is 11.8 Å². The van der Waals surface area contributed by atoms with Gasteiger partial charge < -0.3 is 5.32 Å². The van der Waals surface area contributed by atoms with Crippen LogP contribution in [0.1, 0.15) is 21.6 Å². The number of carbonyl (C=O) groups excluding carboxylic acids is 1. The number of aryl methyl sites for hydroxylation is 3. The van der Waals surface area contributed by atoms with Gasteiger partial charge in [0.2, 0.25) is 0 Å². The van der Waals surface area contributed by atoms with Crippen LogP contribution in [0, 0.1) is 13.8 Å². The molecular formula is C16H19N3O2S. The van der Waals surface area contributed by atoms with Crippen molar-refractivity contribution >= 4 is 17.7 Å². The molecule has 0 aliphatic carbocycles. The summed E-state index contributed by atoms with van der Waals surface area (Å²) in [5.74, 6) is 0.510. The van der Waals surface area contributed by atoms with E-state index in [0.717, 1.165) is 10.4 Å². The fourth-order valence-corrected chi connectivity index (χ4v) is 2.72. The second-order valence-electron chi connectivity index (χ2n) is 5.03. The lowest BCUT2D eigenvalue weighted by Crippen LogP contribution is -2.29. The number of nitrogens with zero attached hydrogens (tertiary/aromatic N) is 2. The quantitative estimate of drug-likeness (QED) is 0.676. The molecule has 22 heavy (non-hydrogen) atoms. The predicted octanol–water partition coefficient (Wildman–Crippen LogP) is 1.92. The Morgan fingerprint density at radius 1 is 1.23 bits per heavy atom. The number of amides is 1. The van der Waals surface area contributed by atoms with Crippen molar-refractivity contribution in [2.24, 2.45) is 7.05 Å². The van der Waals surface area contributed by atoms with Crippen LogP contribution in [0.5, 0.6) is 0 Å². The highest BCUT2D eigenvalue weighted by Crippen LogP contribution is 2.20. The highest BCUT2D eigenvalue weighted by Gasteiger charge is 2.07. The fraction of sp³-hybridized carbons (Fsp3) is 0.312. The Labute approximate surface area is 133 Å². The second kappa shape index (κ2) is 7.26. The topological polar surface area (TPSA) is 64.0 Å². The Morgan fingerprint density at radius 3 is 2.68 bits per heavy atom. The van der Waals surface area contributed by atoms with E-state index in [1.54, 1.807) is 11.8 Å². The van der Waals surface area contributed by atoms with Crippen LogP contribution in [-0.2, 0) is 7.05 Å². The summed E-state index contributed by atoms with van der Waals surface area (Å²) in [5, 5.41) is 6.72. The van der Waals surface area contributed by atoms with Gasteiger partial charge in [-0.1, -0.05) is 6.07 Å². The highest BCUT2D eigenvalue weighted by molar-refractivity contribution is 7.99. The molecule has 0 atom stereocenters. The summed E-state index contributed by atoms with van der Waals surface area (Å²) in [6.45, 7) is 4.72. The third-order valence-electron chi connectivity index (χ3n) is 3.33.